The van der Waals surface area contributed by atoms with Crippen LogP contribution in [0, 0.1) is 0 Å². The molecule has 0 atom stereocenters. The van der Waals surface area contributed by atoms with Crippen molar-refractivity contribution in [2.45, 2.75) is 23.8 Å². The van der Waals surface area contributed by atoms with Crippen molar-refractivity contribution in [2.75, 3.05) is 5.75 Å². The molecule has 0 aliphatic heterocycles. The summed E-state index contributed by atoms with van der Waals surface area (Å²) in [6, 6.07) is 30.5. The maximum Gasteiger partial charge on any atom is 0.220 e. The van der Waals surface area contributed by atoms with E-state index >= 15 is 0 Å². The minimum atomic E-state index is -0.105. The Morgan fingerprint density at radius 1 is 0.769 bits per heavy atom. The van der Waals surface area contributed by atoms with Crippen molar-refractivity contribution in [1.82, 2.24) is 5.32 Å². The van der Waals surface area contributed by atoms with Crippen molar-refractivity contribution in [3.05, 3.63) is 102 Å². The van der Waals surface area contributed by atoms with Gasteiger partial charge in [0.05, 0.1) is 6.04 Å². The summed E-state index contributed by atoms with van der Waals surface area (Å²) in [6.07, 6.45) is 1.40. The van der Waals surface area contributed by atoms with Gasteiger partial charge in [-0.2, -0.15) is 0 Å². The largest absolute Gasteiger partial charge is 0.345 e. The van der Waals surface area contributed by atoms with Crippen LogP contribution in [-0.4, -0.2) is 11.7 Å². The van der Waals surface area contributed by atoms with Gasteiger partial charge in [0.2, 0.25) is 5.91 Å². The average molecular weight is 362 g/mol. The number of thioether (sulfide) groups is 1. The Balaban J connectivity index is 1.56. The highest BCUT2D eigenvalue weighted by molar-refractivity contribution is 7.99. The minimum Gasteiger partial charge on any atom is -0.345 e. The number of carbonyl (C=O) groups excluding carboxylic acids is 1. The summed E-state index contributed by atoms with van der Waals surface area (Å²) in [5.74, 6) is 1.04. The van der Waals surface area contributed by atoms with Gasteiger partial charge in [-0.1, -0.05) is 78.9 Å². The van der Waals surface area contributed by atoms with Gasteiger partial charge < -0.3 is 5.32 Å². The summed E-state index contributed by atoms with van der Waals surface area (Å²) in [5.41, 5.74) is 2.21. The second-order valence-corrected chi connectivity index (χ2v) is 7.26. The van der Waals surface area contributed by atoms with Crippen LogP contribution in [0.3, 0.4) is 0 Å². The lowest BCUT2D eigenvalue weighted by Crippen LogP contribution is -2.29. The number of hydrogen-bond acceptors (Lipinski definition) is 2. The Hall–Kier alpha value is -2.52. The van der Waals surface area contributed by atoms with E-state index in [-0.39, 0.29) is 11.9 Å². The summed E-state index contributed by atoms with van der Waals surface area (Å²) >= 11 is 1.79. The Kier molecular flexibility index (Phi) is 6.91. The van der Waals surface area contributed by atoms with E-state index < -0.39 is 0 Å². The van der Waals surface area contributed by atoms with Crippen LogP contribution >= 0.6 is 11.8 Å². The third-order valence-electron chi connectivity index (χ3n) is 4.13. The molecular weight excluding hydrogens is 338 g/mol. The van der Waals surface area contributed by atoms with Crippen molar-refractivity contribution in [3.63, 3.8) is 0 Å². The van der Waals surface area contributed by atoms with E-state index in [4.69, 9.17) is 0 Å². The predicted molar refractivity (Wildman–Crippen MR) is 109 cm³/mol. The molecule has 3 aromatic carbocycles. The molecule has 0 saturated heterocycles. The van der Waals surface area contributed by atoms with Crippen LogP contribution in [-0.2, 0) is 4.79 Å². The zero-order valence-electron chi connectivity index (χ0n) is 14.7. The lowest BCUT2D eigenvalue weighted by atomic mass is 9.98. The maximum atomic E-state index is 12.5. The molecule has 2 nitrogen and oxygen atoms in total. The molecule has 3 aromatic rings. The van der Waals surface area contributed by atoms with Crippen molar-refractivity contribution in [3.8, 4) is 0 Å². The van der Waals surface area contributed by atoms with Crippen LogP contribution in [0.1, 0.15) is 30.0 Å². The molecule has 0 aliphatic rings. The molecule has 0 heterocycles. The van der Waals surface area contributed by atoms with Gasteiger partial charge in [-0.25, -0.2) is 0 Å². The first-order valence-corrected chi connectivity index (χ1v) is 9.88. The van der Waals surface area contributed by atoms with E-state index in [2.05, 4.69) is 41.7 Å². The van der Waals surface area contributed by atoms with Crippen molar-refractivity contribution < 1.29 is 4.79 Å². The van der Waals surface area contributed by atoms with Gasteiger partial charge in [0, 0.05) is 11.3 Å². The fourth-order valence-electron chi connectivity index (χ4n) is 2.82. The van der Waals surface area contributed by atoms with Gasteiger partial charge in [-0.15, -0.1) is 11.8 Å². The molecule has 0 unspecified atom stereocenters. The number of nitrogens with one attached hydrogen (secondary N) is 1. The van der Waals surface area contributed by atoms with E-state index in [1.54, 1.807) is 11.8 Å². The van der Waals surface area contributed by atoms with Gasteiger partial charge in [-0.3, -0.25) is 4.79 Å². The first kappa shape index (κ1) is 18.3. The van der Waals surface area contributed by atoms with Gasteiger partial charge in [0.15, 0.2) is 0 Å². The smallest absolute Gasteiger partial charge is 0.220 e. The van der Waals surface area contributed by atoms with Crippen LogP contribution in [0.15, 0.2) is 95.9 Å². The zero-order chi connectivity index (χ0) is 18.0. The highest BCUT2D eigenvalue weighted by Gasteiger charge is 2.16. The molecule has 0 saturated carbocycles. The zero-order valence-corrected chi connectivity index (χ0v) is 15.5. The molecule has 0 aliphatic carbocycles. The lowest BCUT2D eigenvalue weighted by Gasteiger charge is -2.20. The van der Waals surface area contributed by atoms with E-state index in [1.165, 1.54) is 4.90 Å². The highest BCUT2D eigenvalue weighted by Crippen LogP contribution is 2.22. The molecule has 3 rings (SSSR count). The van der Waals surface area contributed by atoms with Crippen molar-refractivity contribution >= 4 is 17.7 Å². The Labute approximate surface area is 159 Å². The molecule has 0 bridgehead atoms. The van der Waals surface area contributed by atoms with Crippen LogP contribution in [0.5, 0.6) is 0 Å². The SMILES string of the molecule is O=C(CCCSc1ccccc1)NC(c1ccccc1)c1ccccc1. The number of amides is 1. The predicted octanol–water partition coefficient (Wildman–Crippen LogP) is 5.46. The van der Waals surface area contributed by atoms with Crippen LogP contribution < -0.4 is 5.32 Å². The van der Waals surface area contributed by atoms with Crippen LogP contribution in [0.4, 0.5) is 0 Å². The number of hydrogen-bond donors (Lipinski definition) is 1. The summed E-state index contributed by atoms with van der Waals surface area (Å²) in [6.45, 7) is 0. The van der Waals surface area contributed by atoms with Crippen molar-refractivity contribution in [1.29, 1.82) is 0 Å². The molecule has 0 fully saturated rings. The molecule has 0 aromatic heterocycles. The van der Waals surface area contributed by atoms with Gasteiger partial charge >= 0.3 is 0 Å². The second kappa shape index (κ2) is 9.83. The molecular formula is C23H23NOS. The van der Waals surface area contributed by atoms with E-state index in [0.717, 1.165) is 23.3 Å². The first-order valence-electron chi connectivity index (χ1n) is 8.90. The third-order valence-corrected chi connectivity index (χ3v) is 5.23. The minimum absolute atomic E-state index is 0.0939. The van der Waals surface area contributed by atoms with Crippen LogP contribution in [0.2, 0.25) is 0 Å². The van der Waals surface area contributed by atoms with Gasteiger partial charge in [-0.05, 0) is 35.4 Å². The first-order chi connectivity index (χ1) is 12.8. The quantitative estimate of drug-likeness (QED) is 0.426. The summed E-state index contributed by atoms with van der Waals surface area (Å²) in [5, 5.41) is 3.20. The standard InChI is InChI=1S/C23H23NOS/c25-22(17-10-18-26-21-15-8-3-9-16-21)24-23(19-11-4-1-5-12-19)20-13-6-2-7-14-20/h1-9,11-16,23H,10,17-18H2,(H,24,25). The Bertz CT molecular complexity index is 751. The number of carbonyl (C=O) groups is 1. The average Bonchev–Trinajstić information content (AvgIpc) is 2.71. The topological polar surface area (TPSA) is 29.1 Å². The monoisotopic (exact) mass is 361 g/mol. The molecule has 26 heavy (non-hydrogen) atoms. The number of benzene rings is 3. The third kappa shape index (κ3) is 5.50. The molecule has 132 valence electrons. The maximum absolute atomic E-state index is 12.5. The molecule has 1 amide bonds. The summed E-state index contributed by atoms with van der Waals surface area (Å²) in [7, 11) is 0. The van der Waals surface area contributed by atoms with E-state index in [9.17, 15) is 4.79 Å². The Morgan fingerprint density at radius 3 is 1.81 bits per heavy atom. The summed E-state index contributed by atoms with van der Waals surface area (Å²) < 4.78 is 0. The van der Waals surface area contributed by atoms with Crippen molar-refractivity contribution in [2.24, 2.45) is 0 Å². The van der Waals surface area contributed by atoms with Gasteiger partial charge in [0.25, 0.3) is 0 Å². The van der Waals surface area contributed by atoms with Crippen LogP contribution in [0.25, 0.3) is 0 Å². The number of rotatable bonds is 8. The van der Waals surface area contributed by atoms with E-state index in [1.807, 2.05) is 54.6 Å². The molecule has 0 spiro atoms. The summed E-state index contributed by atoms with van der Waals surface area (Å²) in [4.78, 5) is 13.7. The highest BCUT2D eigenvalue weighted by atomic mass is 32.2. The normalized spacial score (nSPS) is 10.7. The second-order valence-electron chi connectivity index (χ2n) is 6.09. The van der Waals surface area contributed by atoms with Gasteiger partial charge in [0.1, 0.15) is 0 Å². The molecule has 0 radical (unpaired) electrons. The fourth-order valence-corrected chi connectivity index (χ4v) is 3.70. The lowest BCUT2D eigenvalue weighted by molar-refractivity contribution is -0.121. The van der Waals surface area contributed by atoms with E-state index in [0.29, 0.717) is 6.42 Å². The molecule has 1 N–H and O–H groups in total. The fraction of sp³-hybridized carbons (Fsp3) is 0.174. The molecule has 3 heteroatoms. The Morgan fingerprint density at radius 2 is 1.27 bits per heavy atom.